The molecule has 0 radical (unpaired) electrons. The van der Waals surface area contributed by atoms with Gasteiger partial charge in [-0.3, -0.25) is 4.79 Å². The van der Waals surface area contributed by atoms with E-state index in [1.54, 1.807) is 20.1 Å². The number of aromatic nitrogens is 2. The van der Waals surface area contributed by atoms with Gasteiger partial charge in [-0.1, -0.05) is 0 Å². The van der Waals surface area contributed by atoms with Crippen molar-refractivity contribution in [2.75, 3.05) is 41.7 Å². The number of furan rings is 1. The minimum Gasteiger partial charge on any atom is -0.476 e. The van der Waals surface area contributed by atoms with Crippen LogP contribution < -0.4 is 20.3 Å². The number of piperidine rings is 1. The Bertz CT molecular complexity index is 1470. The van der Waals surface area contributed by atoms with E-state index in [4.69, 9.17) is 18.9 Å². The maximum Gasteiger partial charge on any atom is 0.410 e. The van der Waals surface area contributed by atoms with Gasteiger partial charge in [-0.15, -0.1) is 0 Å². The van der Waals surface area contributed by atoms with E-state index in [0.29, 0.717) is 41.6 Å². The lowest BCUT2D eigenvalue weighted by molar-refractivity contribution is -0.129. The Labute approximate surface area is 233 Å². The Morgan fingerprint density at radius 1 is 1.10 bits per heavy atom. The topological polar surface area (TPSA) is 122 Å². The van der Waals surface area contributed by atoms with Gasteiger partial charge in [0, 0.05) is 37.9 Å². The number of nitrogens with one attached hydrogen (secondary N) is 2. The Kier molecular flexibility index (Phi) is 6.08. The monoisotopic (exact) mass is 548 g/mol. The highest BCUT2D eigenvalue weighted by Crippen LogP contribution is 2.43. The molecule has 2 aromatic heterocycles. The van der Waals surface area contributed by atoms with Gasteiger partial charge in [0.25, 0.3) is 5.91 Å². The van der Waals surface area contributed by atoms with E-state index in [1.807, 2.05) is 49.9 Å². The van der Waals surface area contributed by atoms with Crippen molar-refractivity contribution in [3.05, 3.63) is 30.5 Å². The van der Waals surface area contributed by atoms with E-state index >= 15 is 0 Å². The average Bonchev–Trinajstić information content (AvgIpc) is 3.51. The van der Waals surface area contributed by atoms with Crippen LogP contribution in [0.2, 0.25) is 0 Å². The zero-order chi connectivity index (χ0) is 28.3. The van der Waals surface area contributed by atoms with Crippen molar-refractivity contribution in [3.63, 3.8) is 0 Å². The molecule has 40 heavy (non-hydrogen) atoms. The van der Waals surface area contributed by atoms with Crippen molar-refractivity contribution in [1.82, 2.24) is 14.9 Å². The molecule has 2 amide bonds. The van der Waals surface area contributed by atoms with Crippen molar-refractivity contribution < 1.29 is 23.5 Å². The number of hydrogen-bond donors (Lipinski definition) is 2. The number of rotatable bonds is 3. The molecule has 212 valence electrons. The standard InChI is InChI=1S/C29H36N6O5/c1-27(2,3)40-26(37)34-12-9-29(10-13-34)11-14-35(17-29)23-22-19(8-15-38-22)32-25(33-23)30-18-6-7-21-20(16-18)31-24(36)28(4,5)39-21/h6-8,15-16H,9-14,17H2,1-5H3,(H,31,36)(H,30,32,33). The maximum atomic E-state index is 12.6. The second-order valence-electron chi connectivity index (χ2n) is 12.5. The van der Waals surface area contributed by atoms with Crippen LogP contribution in [-0.4, -0.2) is 64.2 Å². The molecule has 2 saturated heterocycles. The number of carbonyl (C=O) groups is 2. The predicted octanol–water partition coefficient (Wildman–Crippen LogP) is 5.30. The quantitative estimate of drug-likeness (QED) is 0.449. The van der Waals surface area contributed by atoms with Crippen LogP contribution in [0.15, 0.2) is 34.9 Å². The molecule has 5 heterocycles. The smallest absolute Gasteiger partial charge is 0.410 e. The number of likely N-dealkylation sites (tertiary alicyclic amines) is 1. The first-order valence-corrected chi connectivity index (χ1v) is 13.8. The van der Waals surface area contributed by atoms with E-state index in [-0.39, 0.29) is 17.4 Å². The third kappa shape index (κ3) is 5.00. The minimum absolute atomic E-state index is 0.112. The molecule has 1 aromatic carbocycles. The number of nitrogens with zero attached hydrogens (tertiary/aromatic N) is 4. The summed E-state index contributed by atoms with van der Waals surface area (Å²) in [5.74, 6) is 1.60. The Balaban J connectivity index is 1.18. The molecule has 3 aliphatic rings. The molecule has 1 spiro atoms. The van der Waals surface area contributed by atoms with E-state index in [1.165, 1.54) is 0 Å². The van der Waals surface area contributed by atoms with Crippen LogP contribution in [0.1, 0.15) is 53.9 Å². The van der Waals surface area contributed by atoms with Gasteiger partial charge in [0.2, 0.25) is 5.95 Å². The molecule has 0 saturated carbocycles. The molecule has 2 N–H and O–H groups in total. The van der Waals surface area contributed by atoms with Crippen molar-refractivity contribution in [1.29, 1.82) is 0 Å². The molecule has 3 aromatic rings. The summed E-state index contributed by atoms with van der Waals surface area (Å²) >= 11 is 0. The molecule has 0 unspecified atom stereocenters. The fraction of sp³-hybridized carbons (Fsp3) is 0.517. The number of benzene rings is 1. The Hall–Kier alpha value is -4.02. The molecule has 0 aliphatic carbocycles. The van der Waals surface area contributed by atoms with E-state index in [2.05, 4.69) is 20.5 Å². The van der Waals surface area contributed by atoms with Gasteiger partial charge in [0.05, 0.1) is 12.0 Å². The van der Waals surface area contributed by atoms with Gasteiger partial charge in [0.1, 0.15) is 16.9 Å². The second kappa shape index (κ2) is 9.28. The highest BCUT2D eigenvalue weighted by atomic mass is 16.6. The van der Waals surface area contributed by atoms with Gasteiger partial charge < -0.3 is 34.3 Å². The lowest BCUT2D eigenvalue weighted by atomic mass is 9.78. The number of amides is 2. The molecule has 6 rings (SSSR count). The molecule has 3 aliphatic heterocycles. The third-order valence-electron chi connectivity index (χ3n) is 7.90. The van der Waals surface area contributed by atoms with Crippen LogP contribution in [0.25, 0.3) is 11.1 Å². The first-order valence-electron chi connectivity index (χ1n) is 13.8. The highest BCUT2D eigenvalue weighted by Gasteiger charge is 2.43. The number of hydrogen-bond acceptors (Lipinski definition) is 9. The van der Waals surface area contributed by atoms with Crippen molar-refractivity contribution in [2.45, 2.75) is 65.1 Å². The summed E-state index contributed by atoms with van der Waals surface area (Å²) in [6, 6.07) is 7.34. The van der Waals surface area contributed by atoms with Gasteiger partial charge in [-0.2, -0.15) is 4.98 Å². The van der Waals surface area contributed by atoms with Gasteiger partial charge in [-0.05, 0) is 77.5 Å². The van der Waals surface area contributed by atoms with Gasteiger partial charge in [0.15, 0.2) is 17.0 Å². The number of ether oxygens (including phenoxy) is 2. The lowest BCUT2D eigenvalue weighted by Gasteiger charge is -2.39. The summed E-state index contributed by atoms with van der Waals surface area (Å²) in [6.45, 7) is 12.2. The fourth-order valence-corrected chi connectivity index (χ4v) is 5.65. The van der Waals surface area contributed by atoms with Crippen molar-refractivity contribution in [2.24, 2.45) is 5.41 Å². The van der Waals surface area contributed by atoms with Crippen molar-refractivity contribution in [3.8, 4) is 5.75 Å². The third-order valence-corrected chi connectivity index (χ3v) is 7.90. The van der Waals surface area contributed by atoms with Crippen LogP contribution in [-0.2, 0) is 9.53 Å². The Morgan fingerprint density at radius 2 is 1.85 bits per heavy atom. The number of anilines is 4. The van der Waals surface area contributed by atoms with Crippen LogP contribution in [0.3, 0.4) is 0 Å². The molecule has 11 nitrogen and oxygen atoms in total. The molecule has 2 fully saturated rings. The number of carbonyl (C=O) groups excluding carboxylic acids is 2. The largest absolute Gasteiger partial charge is 0.476 e. The molecule has 0 atom stereocenters. The first kappa shape index (κ1) is 26.2. The van der Waals surface area contributed by atoms with E-state index in [9.17, 15) is 9.59 Å². The maximum absolute atomic E-state index is 12.6. The lowest BCUT2D eigenvalue weighted by Crippen LogP contribution is -2.46. The molecular weight excluding hydrogens is 512 g/mol. The zero-order valence-electron chi connectivity index (χ0n) is 23.7. The van der Waals surface area contributed by atoms with Gasteiger partial charge >= 0.3 is 6.09 Å². The van der Waals surface area contributed by atoms with Crippen LogP contribution in [0.4, 0.5) is 27.9 Å². The zero-order valence-corrected chi connectivity index (χ0v) is 23.7. The summed E-state index contributed by atoms with van der Waals surface area (Å²) in [7, 11) is 0. The second-order valence-corrected chi connectivity index (χ2v) is 12.5. The molecule has 11 heteroatoms. The van der Waals surface area contributed by atoms with Crippen LogP contribution in [0, 0.1) is 5.41 Å². The fourth-order valence-electron chi connectivity index (χ4n) is 5.65. The predicted molar refractivity (Wildman–Crippen MR) is 151 cm³/mol. The minimum atomic E-state index is -0.925. The summed E-state index contributed by atoms with van der Waals surface area (Å²) in [4.78, 5) is 38.5. The van der Waals surface area contributed by atoms with E-state index < -0.39 is 11.2 Å². The molecule has 0 bridgehead atoms. The van der Waals surface area contributed by atoms with Crippen molar-refractivity contribution >= 4 is 46.2 Å². The average molecular weight is 549 g/mol. The normalized spacial score (nSPS) is 19.8. The van der Waals surface area contributed by atoms with Crippen LogP contribution >= 0.6 is 0 Å². The van der Waals surface area contributed by atoms with Crippen LogP contribution in [0.5, 0.6) is 5.75 Å². The summed E-state index contributed by atoms with van der Waals surface area (Å²) < 4.78 is 17.2. The van der Waals surface area contributed by atoms with E-state index in [0.717, 1.165) is 43.9 Å². The number of fused-ring (bicyclic) bond motifs is 2. The SMILES string of the molecule is CC(C)(C)OC(=O)N1CCC2(CC1)CCN(c1nc(Nc3ccc4c(c3)NC(=O)C(C)(C)O4)nc3ccoc13)C2. The summed E-state index contributed by atoms with van der Waals surface area (Å²) in [6.07, 6.45) is 4.24. The Morgan fingerprint density at radius 3 is 2.60 bits per heavy atom. The summed E-state index contributed by atoms with van der Waals surface area (Å²) in [5, 5.41) is 6.20. The first-order chi connectivity index (χ1) is 18.9. The molecular formula is C29H36N6O5. The summed E-state index contributed by atoms with van der Waals surface area (Å²) in [5.41, 5.74) is 1.38. The highest BCUT2D eigenvalue weighted by molar-refractivity contribution is 6.00. The van der Waals surface area contributed by atoms with Gasteiger partial charge in [-0.25, -0.2) is 9.78 Å².